The van der Waals surface area contributed by atoms with E-state index in [2.05, 4.69) is 11.2 Å². The maximum Gasteiger partial charge on any atom is 0.220 e. The van der Waals surface area contributed by atoms with Crippen molar-refractivity contribution in [3.63, 3.8) is 0 Å². The van der Waals surface area contributed by atoms with Crippen molar-refractivity contribution >= 4 is 5.91 Å². The van der Waals surface area contributed by atoms with Crippen LogP contribution in [0.15, 0.2) is 0 Å². The van der Waals surface area contributed by atoms with E-state index in [9.17, 15) is 4.79 Å². The van der Waals surface area contributed by atoms with Crippen LogP contribution < -0.4 is 5.32 Å². The quantitative estimate of drug-likeness (QED) is 0.542. The van der Waals surface area contributed by atoms with Crippen molar-refractivity contribution in [2.45, 2.75) is 57.8 Å². The first kappa shape index (κ1) is 13.1. The van der Waals surface area contributed by atoms with Gasteiger partial charge < -0.3 is 5.32 Å². The molecule has 0 bridgehead atoms. The summed E-state index contributed by atoms with van der Waals surface area (Å²) in [5.41, 5.74) is 0. The molecule has 2 nitrogen and oxygen atoms in total. The maximum atomic E-state index is 11.5. The Morgan fingerprint density at radius 3 is 2.75 bits per heavy atom. The van der Waals surface area contributed by atoms with Crippen molar-refractivity contribution in [3.05, 3.63) is 0 Å². The van der Waals surface area contributed by atoms with Gasteiger partial charge in [-0.25, -0.2) is 0 Å². The summed E-state index contributed by atoms with van der Waals surface area (Å²) in [6, 6.07) is 0. The lowest BCUT2D eigenvalue weighted by Crippen LogP contribution is -2.24. The summed E-state index contributed by atoms with van der Waals surface area (Å²) in [5.74, 6) is 3.57. The third-order valence-corrected chi connectivity index (χ3v) is 3.32. The number of amides is 1. The van der Waals surface area contributed by atoms with Gasteiger partial charge in [-0.15, -0.1) is 12.3 Å². The summed E-state index contributed by atoms with van der Waals surface area (Å²) in [4.78, 5) is 11.5. The zero-order valence-corrected chi connectivity index (χ0v) is 10.1. The van der Waals surface area contributed by atoms with Crippen molar-refractivity contribution in [2.75, 3.05) is 6.54 Å². The van der Waals surface area contributed by atoms with Gasteiger partial charge in [-0.2, -0.15) is 0 Å². The van der Waals surface area contributed by atoms with Gasteiger partial charge in [0.25, 0.3) is 0 Å². The van der Waals surface area contributed by atoms with Gasteiger partial charge in [-0.1, -0.05) is 32.1 Å². The highest BCUT2D eigenvalue weighted by Gasteiger charge is 2.14. The standard InChI is InChI=1S/C14H23NO/c1-2-3-7-12-15-14(16)11-10-13-8-5-4-6-9-13/h1,13H,3-12H2,(H,15,16). The molecule has 0 aromatic carbocycles. The molecule has 0 aliphatic heterocycles. The Balaban J connectivity index is 1.99. The fourth-order valence-corrected chi connectivity index (χ4v) is 2.32. The molecule has 0 spiro atoms. The summed E-state index contributed by atoms with van der Waals surface area (Å²) in [6.07, 6.45) is 15.3. The first-order valence-corrected chi connectivity index (χ1v) is 6.53. The summed E-state index contributed by atoms with van der Waals surface area (Å²) in [6.45, 7) is 0.730. The van der Waals surface area contributed by atoms with Gasteiger partial charge in [-0.3, -0.25) is 4.79 Å². The van der Waals surface area contributed by atoms with Crippen molar-refractivity contribution in [2.24, 2.45) is 5.92 Å². The predicted octanol–water partition coefficient (Wildman–Crippen LogP) is 2.88. The molecule has 0 heterocycles. The Bertz CT molecular complexity index is 236. The molecule has 1 rings (SSSR count). The van der Waals surface area contributed by atoms with Crippen LogP contribution in [0.4, 0.5) is 0 Å². The van der Waals surface area contributed by atoms with Crippen molar-refractivity contribution in [3.8, 4) is 12.3 Å². The normalized spacial score (nSPS) is 16.7. The first-order chi connectivity index (χ1) is 7.83. The molecule has 0 radical (unpaired) electrons. The largest absolute Gasteiger partial charge is 0.356 e. The topological polar surface area (TPSA) is 29.1 Å². The highest BCUT2D eigenvalue weighted by molar-refractivity contribution is 5.75. The monoisotopic (exact) mass is 221 g/mol. The van der Waals surface area contributed by atoms with E-state index in [0.717, 1.165) is 31.7 Å². The second-order valence-corrected chi connectivity index (χ2v) is 4.70. The molecule has 1 aliphatic rings. The van der Waals surface area contributed by atoms with Gasteiger partial charge >= 0.3 is 0 Å². The van der Waals surface area contributed by atoms with Crippen LogP contribution in [0.25, 0.3) is 0 Å². The van der Waals surface area contributed by atoms with Gasteiger partial charge in [-0.05, 0) is 18.8 Å². The molecule has 0 aromatic heterocycles. The Morgan fingerprint density at radius 2 is 2.06 bits per heavy atom. The SMILES string of the molecule is C#CCCCNC(=O)CCC1CCCCC1. The van der Waals surface area contributed by atoms with Gasteiger partial charge in [0, 0.05) is 19.4 Å². The third-order valence-electron chi connectivity index (χ3n) is 3.32. The van der Waals surface area contributed by atoms with E-state index in [0.29, 0.717) is 6.42 Å². The zero-order chi connectivity index (χ0) is 11.6. The van der Waals surface area contributed by atoms with E-state index in [1.807, 2.05) is 0 Å². The average molecular weight is 221 g/mol. The lowest BCUT2D eigenvalue weighted by Gasteiger charge is -2.20. The molecular formula is C14H23NO. The van der Waals surface area contributed by atoms with Crippen molar-refractivity contribution in [1.29, 1.82) is 0 Å². The number of carbonyl (C=O) groups excluding carboxylic acids is 1. The lowest BCUT2D eigenvalue weighted by molar-refractivity contribution is -0.121. The summed E-state index contributed by atoms with van der Waals surface area (Å²) >= 11 is 0. The van der Waals surface area contributed by atoms with Crippen LogP contribution in [-0.2, 0) is 4.79 Å². The van der Waals surface area contributed by atoms with E-state index in [1.165, 1.54) is 32.1 Å². The Labute approximate surface area is 99.2 Å². The Kier molecular flexibility index (Phi) is 6.72. The average Bonchev–Trinajstić information content (AvgIpc) is 2.33. The first-order valence-electron chi connectivity index (χ1n) is 6.53. The second kappa shape index (κ2) is 8.21. The number of terminal acetylenes is 1. The Morgan fingerprint density at radius 1 is 1.31 bits per heavy atom. The number of rotatable bonds is 6. The number of carbonyl (C=O) groups is 1. The van der Waals surface area contributed by atoms with E-state index in [1.54, 1.807) is 0 Å². The molecule has 1 fully saturated rings. The molecule has 16 heavy (non-hydrogen) atoms. The second-order valence-electron chi connectivity index (χ2n) is 4.70. The molecular weight excluding hydrogens is 198 g/mol. The molecule has 0 aromatic rings. The van der Waals surface area contributed by atoms with Gasteiger partial charge in [0.1, 0.15) is 0 Å². The summed E-state index contributed by atoms with van der Waals surface area (Å²) in [5, 5.41) is 2.92. The van der Waals surface area contributed by atoms with E-state index < -0.39 is 0 Å². The smallest absolute Gasteiger partial charge is 0.220 e. The van der Waals surface area contributed by atoms with Gasteiger partial charge in [0.15, 0.2) is 0 Å². The van der Waals surface area contributed by atoms with Crippen LogP contribution in [0.1, 0.15) is 57.8 Å². The van der Waals surface area contributed by atoms with E-state index in [-0.39, 0.29) is 5.91 Å². The van der Waals surface area contributed by atoms with E-state index >= 15 is 0 Å². The molecule has 2 heteroatoms. The molecule has 1 aliphatic carbocycles. The van der Waals surface area contributed by atoms with Crippen molar-refractivity contribution < 1.29 is 4.79 Å². The molecule has 1 saturated carbocycles. The van der Waals surface area contributed by atoms with Gasteiger partial charge in [0.2, 0.25) is 5.91 Å². The minimum Gasteiger partial charge on any atom is -0.356 e. The van der Waals surface area contributed by atoms with Crippen LogP contribution in [0.3, 0.4) is 0 Å². The highest BCUT2D eigenvalue weighted by Crippen LogP contribution is 2.27. The van der Waals surface area contributed by atoms with Crippen molar-refractivity contribution in [1.82, 2.24) is 5.32 Å². The number of nitrogens with one attached hydrogen (secondary N) is 1. The molecule has 0 unspecified atom stereocenters. The minimum atomic E-state index is 0.197. The van der Waals surface area contributed by atoms with Crippen LogP contribution in [0.2, 0.25) is 0 Å². The Hall–Kier alpha value is -0.970. The number of hydrogen-bond donors (Lipinski definition) is 1. The number of unbranched alkanes of at least 4 members (excludes halogenated alkanes) is 1. The summed E-state index contributed by atoms with van der Waals surface area (Å²) in [7, 11) is 0. The zero-order valence-electron chi connectivity index (χ0n) is 10.1. The fraction of sp³-hybridized carbons (Fsp3) is 0.786. The summed E-state index contributed by atoms with van der Waals surface area (Å²) < 4.78 is 0. The number of hydrogen-bond acceptors (Lipinski definition) is 1. The van der Waals surface area contributed by atoms with Crippen LogP contribution in [0.5, 0.6) is 0 Å². The molecule has 1 amide bonds. The minimum absolute atomic E-state index is 0.197. The van der Waals surface area contributed by atoms with Gasteiger partial charge in [0.05, 0.1) is 0 Å². The van der Waals surface area contributed by atoms with Crippen LogP contribution in [0, 0.1) is 18.3 Å². The van der Waals surface area contributed by atoms with Crippen LogP contribution in [-0.4, -0.2) is 12.5 Å². The predicted molar refractivity (Wildman–Crippen MR) is 66.9 cm³/mol. The molecule has 1 N–H and O–H groups in total. The third kappa shape index (κ3) is 5.80. The van der Waals surface area contributed by atoms with Crippen LogP contribution >= 0.6 is 0 Å². The molecule has 0 saturated heterocycles. The molecule has 0 atom stereocenters. The van der Waals surface area contributed by atoms with E-state index in [4.69, 9.17) is 6.42 Å². The maximum absolute atomic E-state index is 11.5. The fourth-order valence-electron chi connectivity index (χ4n) is 2.32. The molecule has 90 valence electrons. The lowest BCUT2D eigenvalue weighted by atomic mass is 9.86. The highest BCUT2D eigenvalue weighted by atomic mass is 16.1.